The quantitative estimate of drug-likeness (QED) is 0.683. The first kappa shape index (κ1) is 17.9. The molecule has 4 nitrogen and oxygen atoms in total. The van der Waals surface area contributed by atoms with E-state index in [9.17, 15) is 9.90 Å². The molecular formula is C19H20Cl2N2O2. The largest absolute Gasteiger partial charge is 0.506 e. The molecule has 1 fully saturated rings. The minimum atomic E-state index is -0.743. The van der Waals surface area contributed by atoms with Gasteiger partial charge in [-0.3, -0.25) is 4.79 Å². The van der Waals surface area contributed by atoms with Gasteiger partial charge in [-0.15, -0.1) is 0 Å². The van der Waals surface area contributed by atoms with Gasteiger partial charge in [-0.2, -0.15) is 0 Å². The second-order valence-electron chi connectivity index (χ2n) is 6.39. The fourth-order valence-corrected chi connectivity index (χ4v) is 3.80. The summed E-state index contributed by atoms with van der Waals surface area (Å²) >= 11 is 12.5. The van der Waals surface area contributed by atoms with Crippen molar-refractivity contribution in [2.75, 3.05) is 5.32 Å². The number of nitrogens with two attached hydrogens (primary N) is 1. The number of hydrogen-bond acceptors (Lipinski definition) is 3. The van der Waals surface area contributed by atoms with E-state index in [0.717, 1.165) is 18.5 Å². The molecule has 1 aliphatic carbocycles. The summed E-state index contributed by atoms with van der Waals surface area (Å²) in [6, 6.07) is 8.94. The van der Waals surface area contributed by atoms with Gasteiger partial charge >= 0.3 is 0 Å². The van der Waals surface area contributed by atoms with Gasteiger partial charge in [0.2, 0.25) is 0 Å². The van der Waals surface area contributed by atoms with Crippen LogP contribution >= 0.6 is 23.2 Å². The topological polar surface area (TPSA) is 75.4 Å². The van der Waals surface area contributed by atoms with E-state index in [0.29, 0.717) is 27.2 Å². The van der Waals surface area contributed by atoms with Crippen LogP contribution in [0.3, 0.4) is 0 Å². The number of primary amides is 1. The summed E-state index contributed by atoms with van der Waals surface area (Å²) in [5.74, 6) is -0.959. The van der Waals surface area contributed by atoms with E-state index >= 15 is 0 Å². The number of rotatable bonds is 4. The molecule has 2 aromatic carbocycles. The van der Waals surface area contributed by atoms with Gasteiger partial charge in [-0.05, 0) is 37.1 Å². The number of nitrogens with one attached hydrogen (secondary N) is 1. The molecular weight excluding hydrogens is 359 g/mol. The summed E-state index contributed by atoms with van der Waals surface area (Å²) in [4.78, 5) is 11.5. The average molecular weight is 379 g/mol. The van der Waals surface area contributed by atoms with Crippen LogP contribution in [0.2, 0.25) is 10.0 Å². The van der Waals surface area contributed by atoms with Gasteiger partial charge < -0.3 is 16.2 Å². The Balaban J connectivity index is 1.92. The van der Waals surface area contributed by atoms with Crippen LogP contribution in [-0.4, -0.2) is 17.1 Å². The number of aromatic hydroxyl groups is 1. The highest BCUT2D eigenvalue weighted by molar-refractivity contribution is 6.34. The van der Waals surface area contributed by atoms with Crippen LogP contribution in [0.15, 0.2) is 30.3 Å². The van der Waals surface area contributed by atoms with Crippen LogP contribution in [0, 0.1) is 0 Å². The Bertz CT molecular complexity index is 802. The van der Waals surface area contributed by atoms with Crippen LogP contribution in [-0.2, 0) is 0 Å². The number of hydrogen-bond donors (Lipinski definition) is 3. The molecule has 25 heavy (non-hydrogen) atoms. The van der Waals surface area contributed by atoms with Crippen molar-refractivity contribution < 1.29 is 9.90 Å². The molecule has 0 atom stereocenters. The lowest BCUT2D eigenvalue weighted by Crippen LogP contribution is -2.22. The molecule has 1 saturated carbocycles. The van der Waals surface area contributed by atoms with Gasteiger partial charge in [-0.1, -0.05) is 48.5 Å². The molecule has 0 aromatic heterocycles. The van der Waals surface area contributed by atoms with Crippen LogP contribution < -0.4 is 11.1 Å². The van der Waals surface area contributed by atoms with E-state index < -0.39 is 5.91 Å². The molecule has 0 heterocycles. The lowest BCUT2D eigenvalue weighted by atomic mass is 9.95. The Morgan fingerprint density at radius 2 is 1.80 bits per heavy atom. The summed E-state index contributed by atoms with van der Waals surface area (Å²) in [5.41, 5.74) is 7.19. The molecule has 2 aromatic rings. The highest BCUT2D eigenvalue weighted by Crippen LogP contribution is 2.39. The third-order valence-corrected chi connectivity index (χ3v) is 5.11. The van der Waals surface area contributed by atoms with E-state index in [1.54, 1.807) is 6.07 Å². The lowest BCUT2D eigenvalue weighted by Gasteiger charge is -2.24. The number of phenols is 1. The molecule has 0 unspecified atom stereocenters. The Hall–Kier alpha value is -1.91. The van der Waals surface area contributed by atoms with E-state index in [1.165, 1.54) is 25.3 Å². The third kappa shape index (κ3) is 4.02. The maximum absolute atomic E-state index is 11.5. The standard InChI is InChI=1S/C19H20Cl2N2O2/c20-11-8-15(18(24)16(9-11)19(22)25)14-7-6-13(10-17(14)21)23-12-4-2-1-3-5-12/h6-10,12,23-24H,1-5H2,(H2,22,25). The molecule has 1 amide bonds. The third-order valence-electron chi connectivity index (χ3n) is 4.58. The van der Waals surface area contributed by atoms with Crippen molar-refractivity contribution in [1.29, 1.82) is 0 Å². The van der Waals surface area contributed by atoms with E-state index in [-0.39, 0.29) is 11.3 Å². The van der Waals surface area contributed by atoms with Crippen molar-refractivity contribution in [3.63, 3.8) is 0 Å². The predicted molar refractivity (Wildman–Crippen MR) is 103 cm³/mol. The van der Waals surface area contributed by atoms with Crippen LogP contribution in [0.5, 0.6) is 5.75 Å². The maximum atomic E-state index is 11.5. The van der Waals surface area contributed by atoms with Gasteiger partial charge in [0.15, 0.2) is 0 Å². The number of benzene rings is 2. The van der Waals surface area contributed by atoms with Crippen molar-refractivity contribution in [3.8, 4) is 16.9 Å². The maximum Gasteiger partial charge on any atom is 0.252 e. The van der Waals surface area contributed by atoms with Gasteiger partial charge in [0, 0.05) is 27.9 Å². The Morgan fingerprint density at radius 3 is 2.44 bits per heavy atom. The van der Waals surface area contributed by atoms with Crippen molar-refractivity contribution >= 4 is 34.8 Å². The van der Waals surface area contributed by atoms with Crippen molar-refractivity contribution in [1.82, 2.24) is 0 Å². The summed E-state index contributed by atoms with van der Waals surface area (Å²) in [7, 11) is 0. The summed E-state index contributed by atoms with van der Waals surface area (Å²) in [6.45, 7) is 0. The Morgan fingerprint density at radius 1 is 1.08 bits per heavy atom. The number of halogens is 2. The van der Waals surface area contributed by atoms with E-state index in [1.807, 2.05) is 18.2 Å². The van der Waals surface area contributed by atoms with Crippen molar-refractivity contribution in [2.24, 2.45) is 5.73 Å². The molecule has 4 N–H and O–H groups in total. The molecule has 132 valence electrons. The molecule has 0 bridgehead atoms. The smallest absolute Gasteiger partial charge is 0.252 e. The summed E-state index contributed by atoms with van der Waals surface area (Å²) < 4.78 is 0. The highest BCUT2D eigenvalue weighted by Gasteiger charge is 2.18. The molecule has 0 aliphatic heterocycles. The molecule has 3 rings (SSSR count). The predicted octanol–water partition coefficient (Wildman–Crippen LogP) is 5.21. The van der Waals surface area contributed by atoms with Crippen LogP contribution in [0.4, 0.5) is 5.69 Å². The molecule has 0 saturated heterocycles. The van der Waals surface area contributed by atoms with Gasteiger partial charge in [0.25, 0.3) is 5.91 Å². The lowest BCUT2D eigenvalue weighted by molar-refractivity contribution is 0.0998. The van der Waals surface area contributed by atoms with Crippen molar-refractivity contribution in [2.45, 2.75) is 38.1 Å². The minimum absolute atomic E-state index is 0.0250. The van der Waals surface area contributed by atoms with E-state index in [4.69, 9.17) is 28.9 Å². The molecule has 6 heteroatoms. The minimum Gasteiger partial charge on any atom is -0.506 e. The summed E-state index contributed by atoms with van der Waals surface area (Å²) in [5, 5.41) is 14.6. The zero-order chi connectivity index (χ0) is 18.0. The first-order chi connectivity index (χ1) is 12.0. The molecule has 1 aliphatic rings. The first-order valence-corrected chi connectivity index (χ1v) is 9.10. The number of carbonyl (C=O) groups is 1. The SMILES string of the molecule is NC(=O)c1cc(Cl)cc(-c2ccc(NC3CCCCC3)cc2Cl)c1O. The molecule has 0 spiro atoms. The highest BCUT2D eigenvalue weighted by atomic mass is 35.5. The Kier molecular flexibility index (Phi) is 5.40. The zero-order valence-corrected chi connectivity index (χ0v) is 15.2. The van der Waals surface area contributed by atoms with Gasteiger partial charge in [0.1, 0.15) is 5.75 Å². The zero-order valence-electron chi connectivity index (χ0n) is 13.7. The monoisotopic (exact) mass is 378 g/mol. The summed E-state index contributed by atoms with van der Waals surface area (Å²) in [6.07, 6.45) is 6.12. The van der Waals surface area contributed by atoms with E-state index in [2.05, 4.69) is 5.32 Å². The van der Waals surface area contributed by atoms with Crippen LogP contribution in [0.1, 0.15) is 42.5 Å². The number of amides is 1. The number of anilines is 1. The van der Waals surface area contributed by atoms with Crippen molar-refractivity contribution in [3.05, 3.63) is 45.9 Å². The molecule has 0 radical (unpaired) electrons. The fraction of sp³-hybridized carbons (Fsp3) is 0.316. The second kappa shape index (κ2) is 7.54. The Labute approximate surface area is 156 Å². The first-order valence-electron chi connectivity index (χ1n) is 8.34. The van der Waals surface area contributed by atoms with Gasteiger partial charge in [0.05, 0.1) is 10.6 Å². The second-order valence-corrected chi connectivity index (χ2v) is 7.23. The average Bonchev–Trinajstić information content (AvgIpc) is 2.58. The van der Waals surface area contributed by atoms with Gasteiger partial charge in [-0.25, -0.2) is 0 Å². The number of carbonyl (C=O) groups excluding carboxylic acids is 1. The van der Waals surface area contributed by atoms with Crippen LogP contribution in [0.25, 0.3) is 11.1 Å². The normalized spacial score (nSPS) is 15.1. The fourth-order valence-electron chi connectivity index (χ4n) is 3.30.